The maximum Gasteiger partial charge on any atom is 0.409 e. The highest BCUT2D eigenvalue weighted by Crippen LogP contribution is 2.34. The van der Waals surface area contributed by atoms with Crippen LogP contribution in [-0.2, 0) is 9.53 Å². The van der Waals surface area contributed by atoms with Gasteiger partial charge in [-0.15, -0.1) is 11.3 Å². The maximum absolute atomic E-state index is 13.3. The highest BCUT2D eigenvalue weighted by atomic mass is 32.1. The summed E-state index contributed by atoms with van der Waals surface area (Å²) in [6.45, 7) is 1.87. The van der Waals surface area contributed by atoms with Crippen molar-refractivity contribution in [2.45, 2.75) is 12.5 Å². The molecule has 5 rings (SSSR count). The van der Waals surface area contributed by atoms with Crippen molar-refractivity contribution in [2.75, 3.05) is 50.3 Å². The van der Waals surface area contributed by atoms with Crippen molar-refractivity contribution < 1.29 is 38.5 Å². The molecule has 0 radical (unpaired) electrons. The maximum atomic E-state index is 13.3. The van der Waals surface area contributed by atoms with Gasteiger partial charge < -0.3 is 39.8 Å². The molecule has 1 fully saturated rings. The zero-order valence-electron chi connectivity index (χ0n) is 22.1. The van der Waals surface area contributed by atoms with Crippen LogP contribution in [0, 0.1) is 0 Å². The number of aliphatic carboxylic acids is 1. The summed E-state index contributed by atoms with van der Waals surface area (Å²) in [7, 11) is 1.34. The Morgan fingerprint density at radius 2 is 1.71 bits per heavy atom. The Labute approximate surface area is 239 Å². The molecular formula is C28H28N4O8S. The van der Waals surface area contributed by atoms with E-state index in [1.54, 1.807) is 53.4 Å². The zero-order chi connectivity index (χ0) is 28.9. The van der Waals surface area contributed by atoms with E-state index in [1.165, 1.54) is 18.4 Å². The largest absolute Gasteiger partial charge is 0.481 e. The van der Waals surface area contributed by atoms with Crippen LogP contribution < -0.4 is 25.0 Å². The second kappa shape index (κ2) is 12.2. The molecule has 0 spiro atoms. The van der Waals surface area contributed by atoms with Gasteiger partial charge in [-0.25, -0.2) is 4.79 Å². The van der Waals surface area contributed by atoms with Gasteiger partial charge in [-0.1, -0.05) is 6.07 Å². The number of carbonyl (C=O) groups excluding carboxylic acids is 3. The van der Waals surface area contributed by atoms with E-state index in [1.807, 2.05) is 10.3 Å². The lowest BCUT2D eigenvalue weighted by Gasteiger charge is -2.36. The molecule has 3 aromatic rings. The number of carboxylic acid groups (broad SMARTS) is 1. The van der Waals surface area contributed by atoms with E-state index >= 15 is 0 Å². The molecule has 3 amide bonds. The van der Waals surface area contributed by atoms with Crippen LogP contribution in [0.25, 0.3) is 0 Å². The third-order valence-electron chi connectivity index (χ3n) is 6.77. The van der Waals surface area contributed by atoms with Crippen LogP contribution in [0.4, 0.5) is 16.2 Å². The van der Waals surface area contributed by atoms with Crippen LogP contribution in [-0.4, -0.2) is 74.0 Å². The topological polar surface area (TPSA) is 147 Å². The van der Waals surface area contributed by atoms with Gasteiger partial charge in [-0.2, -0.15) is 0 Å². The van der Waals surface area contributed by atoms with E-state index in [0.29, 0.717) is 54.6 Å². The number of nitrogens with zero attached hydrogens (tertiary/aromatic N) is 2. The number of hydrogen-bond donors (Lipinski definition) is 3. The Kier molecular flexibility index (Phi) is 8.24. The Morgan fingerprint density at radius 3 is 2.41 bits per heavy atom. The van der Waals surface area contributed by atoms with Crippen molar-refractivity contribution in [3.8, 4) is 11.5 Å². The number of carboxylic acids is 1. The number of anilines is 2. The number of ether oxygens (including phenoxy) is 3. The van der Waals surface area contributed by atoms with Crippen LogP contribution in [0.3, 0.4) is 0 Å². The minimum absolute atomic E-state index is 0.0770. The van der Waals surface area contributed by atoms with Crippen LogP contribution >= 0.6 is 11.3 Å². The molecule has 3 heterocycles. The number of nitrogens with one attached hydrogen (secondary N) is 2. The van der Waals surface area contributed by atoms with Gasteiger partial charge in [-0.05, 0) is 47.8 Å². The van der Waals surface area contributed by atoms with Gasteiger partial charge in [0.2, 0.25) is 6.79 Å². The first-order chi connectivity index (χ1) is 19.8. The molecule has 214 valence electrons. The van der Waals surface area contributed by atoms with Crippen LogP contribution in [0.2, 0.25) is 0 Å². The van der Waals surface area contributed by atoms with E-state index in [2.05, 4.69) is 10.6 Å². The summed E-state index contributed by atoms with van der Waals surface area (Å²) in [5.74, 6) is -0.932. The molecule has 0 aliphatic carbocycles. The molecule has 1 atom stereocenters. The predicted octanol–water partition coefficient (Wildman–Crippen LogP) is 3.56. The number of thiophene rings is 1. The number of amides is 3. The number of methoxy groups -OCH3 is 1. The summed E-state index contributed by atoms with van der Waals surface area (Å²) in [5.41, 5.74) is 1.64. The third kappa shape index (κ3) is 6.35. The Morgan fingerprint density at radius 1 is 0.976 bits per heavy atom. The van der Waals surface area contributed by atoms with Gasteiger partial charge >= 0.3 is 12.1 Å². The summed E-state index contributed by atoms with van der Waals surface area (Å²) in [5, 5.41) is 16.9. The normalized spacial score (nSPS) is 14.8. The molecule has 2 aromatic carbocycles. The molecule has 41 heavy (non-hydrogen) atoms. The lowest BCUT2D eigenvalue weighted by atomic mass is 10.1. The summed E-state index contributed by atoms with van der Waals surface area (Å²) in [6.07, 6.45) is -0.683. The molecular weight excluding hydrogens is 552 g/mol. The molecule has 0 bridgehead atoms. The summed E-state index contributed by atoms with van der Waals surface area (Å²) < 4.78 is 15.5. The molecule has 2 aliphatic heterocycles. The van der Waals surface area contributed by atoms with Crippen LogP contribution in [0.15, 0.2) is 53.9 Å². The number of hydrogen-bond acceptors (Lipinski definition) is 9. The number of benzene rings is 2. The molecule has 1 saturated heterocycles. The molecule has 3 N–H and O–H groups in total. The number of rotatable bonds is 8. The van der Waals surface area contributed by atoms with Gasteiger partial charge in [0.05, 0.1) is 30.9 Å². The lowest BCUT2D eigenvalue weighted by molar-refractivity contribution is -0.137. The van der Waals surface area contributed by atoms with E-state index in [4.69, 9.17) is 14.2 Å². The van der Waals surface area contributed by atoms with Crippen molar-refractivity contribution in [3.05, 3.63) is 69.9 Å². The Balaban J connectivity index is 1.41. The Hall–Kier alpha value is -4.78. The SMILES string of the molecule is COC(=O)N1CCN(c2ccc(C(=O)NC(CC(=O)O)c3cccs3)cc2NC(=O)c2ccc3c(c2)OCO3)CC1. The first kappa shape index (κ1) is 27.8. The standard InChI is InChI=1S/C28H28N4O8S/c1-38-28(37)32-10-8-31(9-11-32)21-6-4-17(26(35)30-20(15-25(33)34)24-3-2-12-41-24)13-19(21)29-27(36)18-5-7-22-23(14-18)40-16-39-22/h2-7,12-14,20H,8-11,15-16H2,1H3,(H,29,36)(H,30,35)(H,33,34). The lowest BCUT2D eigenvalue weighted by Crippen LogP contribution is -2.49. The molecule has 12 nitrogen and oxygen atoms in total. The highest BCUT2D eigenvalue weighted by Gasteiger charge is 2.26. The molecule has 13 heteroatoms. The van der Waals surface area contributed by atoms with Crippen molar-refractivity contribution >= 4 is 46.6 Å². The van der Waals surface area contributed by atoms with Gasteiger partial charge in [-0.3, -0.25) is 14.4 Å². The van der Waals surface area contributed by atoms with E-state index in [-0.39, 0.29) is 18.8 Å². The van der Waals surface area contributed by atoms with E-state index < -0.39 is 29.9 Å². The van der Waals surface area contributed by atoms with Gasteiger partial charge in [0, 0.05) is 42.2 Å². The summed E-state index contributed by atoms with van der Waals surface area (Å²) in [6, 6.07) is 12.6. The highest BCUT2D eigenvalue weighted by molar-refractivity contribution is 7.10. The molecule has 1 aromatic heterocycles. The number of carbonyl (C=O) groups is 4. The molecule has 0 saturated carbocycles. The second-order valence-electron chi connectivity index (χ2n) is 9.34. The quantitative estimate of drug-likeness (QED) is 0.364. The van der Waals surface area contributed by atoms with Crippen LogP contribution in [0.1, 0.15) is 38.1 Å². The van der Waals surface area contributed by atoms with E-state index in [9.17, 15) is 24.3 Å². The minimum Gasteiger partial charge on any atom is -0.481 e. The summed E-state index contributed by atoms with van der Waals surface area (Å²) in [4.78, 5) is 54.3. The van der Waals surface area contributed by atoms with Crippen molar-refractivity contribution in [1.29, 1.82) is 0 Å². The first-order valence-corrected chi connectivity index (χ1v) is 13.7. The fourth-order valence-electron chi connectivity index (χ4n) is 4.67. The van der Waals surface area contributed by atoms with Crippen molar-refractivity contribution in [3.63, 3.8) is 0 Å². The fourth-order valence-corrected chi connectivity index (χ4v) is 5.45. The number of piperazine rings is 1. The predicted molar refractivity (Wildman–Crippen MR) is 150 cm³/mol. The molecule has 2 aliphatic rings. The smallest absolute Gasteiger partial charge is 0.409 e. The van der Waals surface area contributed by atoms with Crippen LogP contribution in [0.5, 0.6) is 11.5 Å². The fraction of sp³-hybridized carbons (Fsp3) is 0.286. The number of fused-ring (bicyclic) bond motifs is 1. The van der Waals surface area contributed by atoms with Gasteiger partial charge in [0.25, 0.3) is 11.8 Å². The van der Waals surface area contributed by atoms with Crippen molar-refractivity contribution in [1.82, 2.24) is 10.2 Å². The second-order valence-corrected chi connectivity index (χ2v) is 10.3. The summed E-state index contributed by atoms with van der Waals surface area (Å²) >= 11 is 1.35. The van der Waals surface area contributed by atoms with Gasteiger partial charge in [0.15, 0.2) is 11.5 Å². The van der Waals surface area contributed by atoms with Crippen molar-refractivity contribution in [2.24, 2.45) is 0 Å². The van der Waals surface area contributed by atoms with E-state index in [0.717, 1.165) is 4.88 Å². The first-order valence-electron chi connectivity index (χ1n) is 12.8. The Bertz CT molecular complexity index is 1450. The van der Waals surface area contributed by atoms with Gasteiger partial charge in [0.1, 0.15) is 0 Å². The third-order valence-corrected chi connectivity index (χ3v) is 7.75. The average Bonchev–Trinajstić information content (AvgIpc) is 3.68. The minimum atomic E-state index is -1.04. The average molecular weight is 581 g/mol. The molecule has 1 unspecified atom stereocenters. The monoisotopic (exact) mass is 580 g/mol. The zero-order valence-corrected chi connectivity index (χ0v) is 22.9.